The molecule has 1 N–H and O–H groups in total. The summed E-state index contributed by atoms with van der Waals surface area (Å²) in [7, 11) is 3.21. The second-order valence-corrected chi connectivity index (χ2v) is 5.00. The fraction of sp³-hybridized carbons (Fsp3) is 0.375. The molecular formula is C16H21N3O3. The Morgan fingerprint density at radius 2 is 2.05 bits per heavy atom. The lowest BCUT2D eigenvalue weighted by atomic mass is 10.1. The molecule has 118 valence electrons. The first kappa shape index (κ1) is 15.9. The van der Waals surface area contributed by atoms with Crippen LogP contribution in [0.5, 0.6) is 11.5 Å². The Kier molecular flexibility index (Phi) is 5.41. The fourth-order valence-electron chi connectivity index (χ4n) is 2.14. The van der Waals surface area contributed by atoms with Crippen LogP contribution in [0.3, 0.4) is 0 Å². The summed E-state index contributed by atoms with van der Waals surface area (Å²) < 4.78 is 12.1. The minimum atomic E-state index is -0.0522. The van der Waals surface area contributed by atoms with Crippen molar-refractivity contribution in [3.05, 3.63) is 41.7 Å². The molecule has 1 aromatic carbocycles. The molecule has 0 aliphatic rings. The van der Waals surface area contributed by atoms with Gasteiger partial charge < -0.3 is 14.8 Å². The van der Waals surface area contributed by atoms with Crippen molar-refractivity contribution in [1.82, 2.24) is 15.1 Å². The molecule has 1 aromatic heterocycles. The maximum absolute atomic E-state index is 11.8. The molecule has 2 aromatic rings. The lowest BCUT2D eigenvalue weighted by Crippen LogP contribution is -2.29. The van der Waals surface area contributed by atoms with Gasteiger partial charge in [-0.15, -0.1) is 0 Å². The molecule has 0 spiro atoms. The predicted molar refractivity (Wildman–Crippen MR) is 83.2 cm³/mol. The van der Waals surface area contributed by atoms with Gasteiger partial charge in [-0.3, -0.25) is 9.48 Å². The quantitative estimate of drug-likeness (QED) is 0.843. The number of hydrogen-bond donors (Lipinski definition) is 1. The highest BCUT2D eigenvalue weighted by Gasteiger charge is 2.06. The summed E-state index contributed by atoms with van der Waals surface area (Å²) in [6.45, 7) is 2.74. The Labute approximate surface area is 130 Å². The number of carbonyl (C=O) groups excluding carboxylic acids is 1. The first-order chi connectivity index (χ1) is 10.6. The van der Waals surface area contributed by atoms with Gasteiger partial charge in [0.05, 0.1) is 20.4 Å². The molecule has 0 radical (unpaired) electrons. The Bertz CT molecular complexity index is 637. The van der Waals surface area contributed by atoms with Gasteiger partial charge in [0.25, 0.3) is 0 Å². The summed E-state index contributed by atoms with van der Waals surface area (Å²) in [6, 6.07) is 5.74. The van der Waals surface area contributed by atoms with Gasteiger partial charge in [-0.2, -0.15) is 5.10 Å². The lowest BCUT2D eigenvalue weighted by molar-refractivity contribution is -0.121. The van der Waals surface area contributed by atoms with Crippen LogP contribution in [0, 0.1) is 6.92 Å². The van der Waals surface area contributed by atoms with Gasteiger partial charge in [0.2, 0.25) is 5.91 Å². The lowest BCUT2D eigenvalue weighted by Gasteiger charge is -2.10. The summed E-state index contributed by atoms with van der Waals surface area (Å²) in [5, 5.41) is 6.97. The van der Waals surface area contributed by atoms with Crippen molar-refractivity contribution in [2.45, 2.75) is 19.9 Å². The van der Waals surface area contributed by atoms with Gasteiger partial charge in [0.1, 0.15) is 6.54 Å². The molecule has 0 unspecified atom stereocenters. The SMILES string of the molecule is COc1ccc(CCNC(=O)Cn2cc(C)cn2)cc1OC. The third-order valence-electron chi connectivity index (χ3n) is 3.25. The van der Waals surface area contributed by atoms with Crippen molar-refractivity contribution < 1.29 is 14.3 Å². The monoisotopic (exact) mass is 303 g/mol. The van der Waals surface area contributed by atoms with Crippen molar-refractivity contribution in [2.75, 3.05) is 20.8 Å². The molecule has 0 aliphatic heterocycles. The smallest absolute Gasteiger partial charge is 0.241 e. The Balaban J connectivity index is 1.82. The molecule has 0 aliphatic carbocycles. The van der Waals surface area contributed by atoms with Crippen molar-refractivity contribution in [1.29, 1.82) is 0 Å². The third-order valence-corrected chi connectivity index (χ3v) is 3.25. The van der Waals surface area contributed by atoms with E-state index in [2.05, 4.69) is 10.4 Å². The van der Waals surface area contributed by atoms with E-state index in [0.29, 0.717) is 18.0 Å². The highest BCUT2D eigenvalue weighted by molar-refractivity contribution is 5.75. The summed E-state index contributed by atoms with van der Waals surface area (Å²) in [5.74, 6) is 1.34. The molecule has 0 fully saturated rings. The second kappa shape index (κ2) is 7.49. The van der Waals surface area contributed by atoms with E-state index < -0.39 is 0 Å². The van der Waals surface area contributed by atoms with Crippen LogP contribution in [0.2, 0.25) is 0 Å². The van der Waals surface area contributed by atoms with E-state index in [9.17, 15) is 4.79 Å². The number of aromatic nitrogens is 2. The number of nitrogens with zero attached hydrogens (tertiary/aromatic N) is 2. The zero-order valence-corrected chi connectivity index (χ0v) is 13.1. The van der Waals surface area contributed by atoms with Gasteiger partial charge >= 0.3 is 0 Å². The van der Waals surface area contributed by atoms with Crippen LogP contribution in [0.1, 0.15) is 11.1 Å². The molecule has 6 heteroatoms. The molecule has 0 atom stereocenters. The topological polar surface area (TPSA) is 65.4 Å². The number of nitrogens with one attached hydrogen (secondary N) is 1. The molecule has 0 saturated heterocycles. The highest BCUT2D eigenvalue weighted by Crippen LogP contribution is 2.27. The number of hydrogen-bond acceptors (Lipinski definition) is 4. The molecule has 6 nitrogen and oxygen atoms in total. The van der Waals surface area contributed by atoms with E-state index in [-0.39, 0.29) is 12.5 Å². The van der Waals surface area contributed by atoms with E-state index >= 15 is 0 Å². The molecule has 1 amide bonds. The molecule has 0 bridgehead atoms. The first-order valence-electron chi connectivity index (χ1n) is 7.09. The fourth-order valence-corrected chi connectivity index (χ4v) is 2.14. The van der Waals surface area contributed by atoms with Crippen LogP contribution >= 0.6 is 0 Å². The van der Waals surface area contributed by atoms with E-state index in [4.69, 9.17) is 9.47 Å². The average molecular weight is 303 g/mol. The minimum Gasteiger partial charge on any atom is -0.493 e. The second-order valence-electron chi connectivity index (χ2n) is 5.00. The Morgan fingerprint density at radius 3 is 2.68 bits per heavy atom. The van der Waals surface area contributed by atoms with E-state index in [1.54, 1.807) is 25.1 Å². The van der Waals surface area contributed by atoms with Gasteiger partial charge in [-0.1, -0.05) is 6.07 Å². The average Bonchev–Trinajstić information content (AvgIpc) is 2.92. The zero-order chi connectivity index (χ0) is 15.9. The molecule has 2 rings (SSSR count). The van der Waals surface area contributed by atoms with E-state index in [0.717, 1.165) is 17.5 Å². The van der Waals surface area contributed by atoms with Crippen LogP contribution < -0.4 is 14.8 Å². The number of aryl methyl sites for hydroxylation is 1. The standard InChI is InChI=1S/C16H21N3O3/c1-12-9-18-19(10-12)11-16(20)17-7-6-13-4-5-14(21-2)15(8-13)22-3/h4-5,8-10H,6-7,11H2,1-3H3,(H,17,20). The predicted octanol–water partition coefficient (Wildman–Crippen LogP) is 1.57. The normalized spacial score (nSPS) is 10.3. The van der Waals surface area contributed by atoms with Crippen molar-refractivity contribution in [3.63, 3.8) is 0 Å². The van der Waals surface area contributed by atoms with E-state index in [1.165, 1.54) is 0 Å². The van der Waals surface area contributed by atoms with E-state index in [1.807, 2.05) is 31.3 Å². The first-order valence-corrected chi connectivity index (χ1v) is 7.09. The molecule has 1 heterocycles. The van der Waals surface area contributed by atoms with Crippen molar-refractivity contribution in [3.8, 4) is 11.5 Å². The molecule has 0 saturated carbocycles. The Morgan fingerprint density at radius 1 is 1.27 bits per heavy atom. The number of amides is 1. The molecular weight excluding hydrogens is 282 g/mol. The summed E-state index contributed by atoms with van der Waals surface area (Å²) in [5.41, 5.74) is 2.12. The van der Waals surface area contributed by atoms with Crippen LogP contribution in [-0.4, -0.2) is 36.5 Å². The van der Waals surface area contributed by atoms with Gasteiger partial charge in [-0.05, 0) is 36.6 Å². The Hall–Kier alpha value is -2.50. The van der Waals surface area contributed by atoms with Crippen molar-refractivity contribution >= 4 is 5.91 Å². The molecule has 22 heavy (non-hydrogen) atoms. The van der Waals surface area contributed by atoms with Gasteiger partial charge in [-0.25, -0.2) is 0 Å². The number of rotatable bonds is 7. The number of carbonyl (C=O) groups is 1. The van der Waals surface area contributed by atoms with Gasteiger partial charge in [0.15, 0.2) is 11.5 Å². The summed E-state index contributed by atoms with van der Waals surface area (Å²) in [6.07, 6.45) is 4.30. The zero-order valence-electron chi connectivity index (χ0n) is 13.1. The number of benzene rings is 1. The largest absolute Gasteiger partial charge is 0.493 e. The third kappa shape index (κ3) is 4.25. The number of ether oxygens (including phenoxy) is 2. The maximum Gasteiger partial charge on any atom is 0.241 e. The van der Waals surface area contributed by atoms with Crippen LogP contribution in [0.4, 0.5) is 0 Å². The maximum atomic E-state index is 11.8. The number of methoxy groups -OCH3 is 2. The summed E-state index contributed by atoms with van der Waals surface area (Å²) in [4.78, 5) is 11.8. The summed E-state index contributed by atoms with van der Waals surface area (Å²) >= 11 is 0. The van der Waals surface area contributed by atoms with Crippen LogP contribution in [-0.2, 0) is 17.8 Å². The van der Waals surface area contributed by atoms with Crippen LogP contribution in [0.15, 0.2) is 30.6 Å². The minimum absolute atomic E-state index is 0.0522. The van der Waals surface area contributed by atoms with Gasteiger partial charge in [0, 0.05) is 12.7 Å². The highest BCUT2D eigenvalue weighted by atomic mass is 16.5. The van der Waals surface area contributed by atoms with Crippen LogP contribution in [0.25, 0.3) is 0 Å². The van der Waals surface area contributed by atoms with Crippen molar-refractivity contribution in [2.24, 2.45) is 0 Å².